The molecule has 0 atom stereocenters. The van der Waals surface area contributed by atoms with Crippen LogP contribution in [0.5, 0.6) is 0 Å². The van der Waals surface area contributed by atoms with E-state index in [1.165, 1.54) is 18.6 Å². The molecule has 5 nitrogen and oxygen atoms in total. The molecule has 13 heavy (non-hydrogen) atoms. The second-order valence-electron chi connectivity index (χ2n) is 2.43. The van der Waals surface area contributed by atoms with Crippen LogP contribution in [0.15, 0.2) is 24.7 Å². The summed E-state index contributed by atoms with van der Waals surface area (Å²) in [6, 6.07) is 3.02. The van der Waals surface area contributed by atoms with Crippen molar-refractivity contribution in [2.75, 3.05) is 0 Å². The van der Waals surface area contributed by atoms with Crippen molar-refractivity contribution in [3.8, 4) is 0 Å². The zero-order valence-corrected chi connectivity index (χ0v) is 6.51. The normalized spacial score (nSPS) is 10.2. The molecule has 2 aromatic rings. The fraction of sp³-hybridized carbons (Fsp3) is 0. The fourth-order valence-electron chi connectivity index (χ4n) is 0.990. The van der Waals surface area contributed by atoms with Crippen LogP contribution in [0, 0.1) is 0 Å². The van der Waals surface area contributed by atoms with E-state index in [-0.39, 0.29) is 5.69 Å². The Bertz CT molecular complexity index is 470. The number of carbonyl (C=O) groups is 1. The Morgan fingerprint density at radius 2 is 2.15 bits per heavy atom. The summed E-state index contributed by atoms with van der Waals surface area (Å²) >= 11 is 0. The third-order valence-corrected chi connectivity index (χ3v) is 1.58. The van der Waals surface area contributed by atoms with Crippen molar-refractivity contribution in [3.63, 3.8) is 0 Å². The first-order valence-corrected chi connectivity index (χ1v) is 3.57. The molecule has 64 valence electrons. The summed E-state index contributed by atoms with van der Waals surface area (Å²) in [4.78, 5) is 22.1. The molecule has 0 bridgehead atoms. The molecular weight excluding hydrogens is 170 g/mol. The Balaban J connectivity index is 2.69. The monoisotopic (exact) mass is 175 g/mol. The minimum Gasteiger partial charge on any atom is -0.477 e. The molecule has 0 saturated heterocycles. The minimum atomic E-state index is -1.05. The smallest absolute Gasteiger partial charge is 0.354 e. The van der Waals surface area contributed by atoms with Crippen molar-refractivity contribution in [3.05, 3.63) is 30.4 Å². The molecule has 2 heterocycles. The Morgan fingerprint density at radius 3 is 2.92 bits per heavy atom. The quantitative estimate of drug-likeness (QED) is 0.691. The van der Waals surface area contributed by atoms with E-state index < -0.39 is 5.97 Å². The zero-order chi connectivity index (χ0) is 9.26. The van der Waals surface area contributed by atoms with Gasteiger partial charge in [0.25, 0.3) is 0 Å². The third kappa shape index (κ3) is 1.31. The summed E-state index contributed by atoms with van der Waals surface area (Å²) in [5, 5.41) is 8.64. The lowest BCUT2D eigenvalue weighted by atomic mass is 10.3. The minimum absolute atomic E-state index is 0.00213. The predicted octanol–water partition coefficient (Wildman–Crippen LogP) is 0.723. The van der Waals surface area contributed by atoms with Crippen LogP contribution >= 0.6 is 0 Å². The van der Waals surface area contributed by atoms with Gasteiger partial charge in [0, 0.05) is 0 Å². The van der Waals surface area contributed by atoms with Gasteiger partial charge >= 0.3 is 5.97 Å². The first-order valence-electron chi connectivity index (χ1n) is 3.57. The second-order valence-corrected chi connectivity index (χ2v) is 2.43. The van der Waals surface area contributed by atoms with Crippen molar-refractivity contribution in [2.45, 2.75) is 0 Å². The summed E-state index contributed by atoms with van der Waals surface area (Å²) in [6.45, 7) is 0. The molecule has 0 aromatic carbocycles. The predicted molar refractivity (Wildman–Crippen MR) is 44.3 cm³/mol. The van der Waals surface area contributed by atoms with Gasteiger partial charge in [-0.2, -0.15) is 0 Å². The van der Waals surface area contributed by atoms with E-state index in [0.29, 0.717) is 11.0 Å². The SMILES string of the molecule is O=C(O)c1ccc2ncncc2n1. The number of hydrogen-bond acceptors (Lipinski definition) is 4. The number of aromatic carboxylic acids is 1. The molecule has 0 radical (unpaired) electrons. The maximum atomic E-state index is 10.5. The lowest BCUT2D eigenvalue weighted by Gasteiger charge is -1.95. The van der Waals surface area contributed by atoms with Crippen LogP contribution in [0.25, 0.3) is 11.0 Å². The van der Waals surface area contributed by atoms with Crippen molar-refractivity contribution in [2.24, 2.45) is 0 Å². The lowest BCUT2D eigenvalue weighted by molar-refractivity contribution is 0.0691. The van der Waals surface area contributed by atoms with Crippen LogP contribution in [-0.4, -0.2) is 26.0 Å². The van der Waals surface area contributed by atoms with Crippen LogP contribution in [-0.2, 0) is 0 Å². The van der Waals surface area contributed by atoms with Gasteiger partial charge in [0.15, 0.2) is 0 Å². The molecular formula is C8H5N3O2. The van der Waals surface area contributed by atoms with Gasteiger partial charge in [0.1, 0.15) is 17.5 Å². The fourth-order valence-corrected chi connectivity index (χ4v) is 0.990. The number of rotatable bonds is 1. The van der Waals surface area contributed by atoms with Crippen LogP contribution < -0.4 is 0 Å². The summed E-state index contributed by atoms with van der Waals surface area (Å²) in [6.07, 6.45) is 2.87. The van der Waals surface area contributed by atoms with Crippen molar-refractivity contribution in [1.82, 2.24) is 15.0 Å². The standard InChI is InChI=1S/C8H5N3O2/c12-8(13)6-2-1-5-7(11-6)3-9-4-10-5/h1-4H,(H,12,13). The number of carboxylic acid groups (broad SMARTS) is 1. The van der Waals surface area contributed by atoms with Crippen LogP contribution in [0.4, 0.5) is 0 Å². The van der Waals surface area contributed by atoms with Gasteiger partial charge in [-0.25, -0.2) is 19.7 Å². The molecule has 0 aliphatic carbocycles. The first kappa shape index (κ1) is 7.60. The maximum absolute atomic E-state index is 10.5. The average Bonchev–Trinajstić information content (AvgIpc) is 2.17. The van der Waals surface area contributed by atoms with Gasteiger partial charge in [-0.3, -0.25) is 0 Å². The molecule has 0 aliphatic rings. The van der Waals surface area contributed by atoms with Gasteiger partial charge in [-0.1, -0.05) is 0 Å². The van der Waals surface area contributed by atoms with E-state index in [1.54, 1.807) is 6.07 Å². The topological polar surface area (TPSA) is 76.0 Å². The number of carboxylic acids is 1. The number of pyridine rings is 1. The van der Waals surface area contributed by atoms with Crippen molar-refractivity contribution < 1.29 is 9.90 Å². The van der Waals surface area contributed by atoms with Gasteiger partial charge in [-0.05, 0) is 12.1 Å². The molecule has 0 amide bonds. The highest BCUT2D eigenvalue weighted by molar-refractivity contribution is 5.88. The van der Waals surface area contributed by atoms with Crippen LogP contribution in [0.2, 0.25) is 0 Å². The third-order valence-electron chi connectivity index (χ3n) is 1.58. The van der Waals surface area contributed by atoms with Crippen LogP contribution in [0.1, 0.15) is 10.5 Å². The van der Waals surface area contributed by atoms with Crippen molar-refractivity contribution >= 4 is 17.0 Å². The number of hydrogen-bond donors (Lipinski definition) is 1. The second kappa shape index (κ2) is 2.78. The van der Waals surface area contributed by atoms with Crippen LogP contribution in [0.3, 0.4) is 0 Å². The zero-order valence-electron chi connectivity index (χ0n) is 6.51. The van der Waals surface area contributed by atoms with E-state index in [0.717, 1.165) is 0 Å². The maximum Gasteiger partial charge on any atom is 0.354 e. The van der Waals surface area contributed by atoms with E-state index in [4.69, 9.17) is 5.11 Å². The number of fused-ring (bicyclic) bond motifs is 1. The van der Waals surface area contributed by atoms with Crippen molar-refractivity contribution in [1.29, 1.82) is 0 Å². The molecule has 0 saturated carbocycles. The highest BCUT2D eigenvalue weighted by Gasteiger charge is 2.04. The Kier molecular flexibility index (Phi) is 1.63. The summed E-state index contributed by atoms with van der Waals surface area (Å²) in [7, 11) is 0. The molecule has 5 heteroatoms. The Morgan fingerprint density at radius 1 is 1.31 bits per heavy atom. The largest absolute Gasteiger partial charge is 0.477 e. The molecule has 0 unspecified atom stereocenters. The van der Waals surface area contributed by atoms with Gasteiger partial charge in [-0.15, -0.1) is 0 Å². The highest BCUT2D eigenvalue weighted by atomic mass is 16.4. The number of nitrogens with zero attached hydrogens (tertiary/aromatic N) is 3. The molecule has 1 N–H and O–H groups in total. The van der Waals surface area contributed by atoms with Gasteiger partial charge in [0.05, 0.1) is 11.7 Å². The van der Waals surface area contributed by atoms with Gasteiger partial charge < -0.3 is 5.11 Å². The Labute approximate surface area is 73.1 Å². The van der Waals surface area contributed by atoms with E-state index in [1.807, 2.05) is 0 Å². The van der Waals surface area contributed by atoms with E-state index in [9.17, 15) is 4.79 Å². The molecule has 0 aliphatic heterocycles. The van der Waals surface area contributed by atoms with E-state index in [2.05, 4.69) is 15.0 Å². The lowest BCUT2D eigenvalue weighted by Crippen LogP contribution is -2.00. The molecule has 0 spiro atoms. The molecule has 2 aromatic heterocycles. The summed E-state index contributed by atoms with van der Waals surface area (Å²) in [5.74, 6) is -1.05. The Hall–Kier alpha value is -2.04. The number of aromatic nitrogens is 3. The molecule has 2 rings (SSSR count). The van der Waals surface area contributed by atoms with E-state index >= 15 is 0 Å². The average molecular weight is 175 g/mol. The van der Waals surface area contributed by atoms with Gasteiger partial charge in [0.2, 0.25) is 0 Å². The summed E-state index contributed by atoms with van der Waals surface area (Å²) in [5.41, 5.74) is 1.13. The molecule has 0 fully saturated rings. The highest BCUT2D eigenvalue weighted by Crippen LogP contribution is 2.07. The summed E-state index contributed by atoms with van der Waals surface area (Å²) < 4.78 is 0. The first-order chi connectivity index (χ1) is 6.27.